The van der Waals surface area contributed by atoms with Crippen LogP contribution in [-0.4, -0.2) is 9.78 Å². The van der Waals surface area contributed by atoms with Crippen LogP contribution in [0.5, 0.6) is 0 Å². The lowest BCUT2D eigenvalue weighted by atomic mass is 9.83. The molecular formula is C16H20N2. The molecule has 2 nitrogen and oxygen atoms in total. The highest BCUT2D eigenvalue weighted by molar-refractivity contribution is 5.31. The molecule has 0 bridgehead atoms. The third kappa shape index (κ3) is 2.33. The third-order valence-electron chi connectivity index (χ3n) is 4.10. The monoisotopic (exact) mass is 240 g/mol. The second kappa shape index (κ2) is 4.60. The zero-order chi connectivity index (χ0) is 12.4. The van der Waals surface area contributed by atoms with E-state index in [1.807, 2.05) is 16.9 Å². The molecule has 1 saturated carbocycles. The first-order chi connectivity index (χ1) is 8.75. The number of benzene rings is 1. The van der Waals surface area contributed by atoms with Gasteiger partial charge in [0.05, 0.1) is 11.9 Å². The minimum atomic E-state index is 0.505. The van der Waals surface area contributed by atoms with Gasteiger partial charge in [0.2, 0.25) is 0 Å². The highest BCUT2D eigenvalue weighted by Crippen LogP contribution is 2.40. The third-order valence-corrected chi connectivity index (χ3v) is 4.10. The summed E-state index contributed by atoms with van der Waals surface area (Å²) < 4.78 is 1.98. The van der Waals surface area contributed by atoms with Crippen LogP contribution in [0.15, 0.2) is 42.7 Å². The summed E-state index contributed by atoms with van der Waals surface area (Å²) in [6, 6.07) is 10.3. The van der Waals surface area contributed by atoms with Crippen molar-refractivity contribution in [1.82, 2.24) is 9.78 Å². The summed E-state index contributed by atoms with van der Waals surface area (Å²) in [5.74, 6) is 0. The number of para-hydroxylation sites is 1. The van der Waals surface area contributed by atoms with Crippen LogP contribution in [0.1, 0.15) is 38.2 Å². The predicted molar refractivity (Wildman–Crippen MR) is 73.8 cm³/mol. The van der Waals surface area contributed by atoms with Crippen molar-refractivity contribution in [2.45, 2.75) is 39.0 Å². The van der Waals surface area contributed by atoms with Crippen LogP contribution in [0.3, 0.4) is 0 Å². The molecule has 0 saturated heterocycles. The molecule has 0 aliphatic heterocycles. The van der Waals surface area contributed by atoms with E-state index in [1.165, 1.54) is 37.7 Å². The highest BCUT2D eigenvalue weighted by atomic mass is 15.3. The molecule has 2 heteroatoms. The fraction of sp³-hybridized carbons (Fsp3) is 0.438. The summed E-state index contributed by atoms with van der Waals surface area (Å²) in [5, 5.41) is 4.48. The van der Waals surface area contributed by atoms with E-state index in [4.69, 9.17) is 0 Å². The molecule has 1 fully saturated rings. The molecule has 1 aliphatic carbocycles. The molecule has 1 heterocycles. The molecule has 0 N–H and O–H groups in total. The van der Waals surface area contributed by atoms with Gasteiger partial charge in [-0.1, -0.05) is 38.0 Å². The standard InChI is InChI=1S/C16H20N2/c1-16(9-5-6-10-16)11-14-12-17-18(13-14)15-7-3-2-4-8-15/h2-4,7-8,12-13H,5-6,9-11H2,1H3. The maximum atomic E-state index is 4.48. The topological polar surface area (TPSA) is 17.8 Å². The number of rotatable bonds is 3. The quantitative estimate of drug-likeness (QED) is 0.793. The molecule has 0 amide bonds. The summed E-state index contributed by atoms with van der Waals surface area (Å²) >= 11 is 0. The van der Waals surface area contributed by atoms with E-state index in [0.717, 1.165) is 5.69 Å². The van der Waals surface area contributed by atoms with Crippen molar-refractivity contribution in [1.29, 1.82) is 0 Å². The Hall–Kier alpha value is -1.57. The van der Waals surface area contributed by atoms with Gasteiger partial charge in [-0.2, -0.15) is 5.10 Å². The summed E-state index contributed by atoms with van der Waals surface area (Å²) in [5.41, 5.74) is 3.01. The van der Waals surface area contributed by atoms with Crippen molar-refractivity contribution in [3.05, 3.63) is 48.3 Å². The van der Waals surface area contributed by atoms with Gasteiger partial charge in [-0.15, -0.1) is 0 Å². The van der Waals surface area contributed by atoms with E-state index in [1.54, 1.807) is 0 Å². The van der Waals surface area contributed by atoms with E-state index in [2.05, 4.69) is 42.5 Å². The first kappa shape index (κ1) is 11.5. The van der Waals surface area contributed by atoms with Crippen LogP contribution in [0.4, 0.5) is 0 Å². The second-order valence-electron chi connectivity index (χ2n) is 5.82. The molecule has 0 atom stereocenters. The van der Waals surface area contributed by atoms with Crippen LogP contribution in [0.25, 0.3) is 5.69 Å². The summed E-state index contributed by atoms with van der Waals surface area (Å²) in [4.78, 5) is 0. The average molecular weight is 240 g/mol. The van der Waals surface area contributed by atoms with E-state index in [-0.39, 0.29) is 0 Å². The number of aromatic nitrogens is 2. The zero-order valence-electron chi connectivity index (χ0n) is 11.0. The molecule has 0 radical (unpaired) electrons. The lowest BCUT2D eigenvalue weighted by Gasteiger charge is -2.22. The normalized spacial score (nSPS) is 18.1. The zero-order valence-corrected chi connectivity index (χ0v) is 11.0. The molecule has 1 aromatic heterocycles. The Morgan fingerprint density at radius 2 is 1.89 bits per heavy atom. The summed E-state index contributed by atoms with van der Waals surface area (Å²) in [7, 11) is 0. The minimum absolute atomic E-state index is 0.505. The van der Waals surface area contributed by atoms with Crippen molar-refractivity contribution in [2.75, 3.05) is 0 Å². The van der Waals surface area contributed by atoms with Crippen LogP contribution in [0.2, 0.25) is 0 Å². The van der Waals surface area contributed by atoms with E-state index in [9.17, 15) is 0 Å². The van der Waals surface area contributed by atoms with Gasteiger partial charge in [0.15, 0.2) is 0 Å². The summed E-state index contributed by atoms with van der Waals surface area (Å²) in [6.45, 7) is 2.42. The molecule has 1 aromatic carbocycles. The molecule has 94 valence electrons. The maximum absolute atomic E-state index is 4.48. The number of nitrogens with zero attached hydrogens (tertiary/aromatic N) is 2. The van der Waals surface area contributed by atoms with E-state index < -0.39 is 0 Å². The SMILES string of the molecule is CC1(Cc2cnn(-c3ccccc3)c2)CCCC1. The summed E-state index contributed by atoms with van der Waals surface area (Å²) in [6.07, 6.45) is 10.9. The van der Waals surface area contributed by atoms with Crippen molar-refractivity contribution < 1.29 is 0 Å². The highest BCUT2D eigenvalue weighted by Gasteiger charge is 2.29. The molecule has 0 unspecified atom stereocenters. The van der Waals surface area contributed by atoms with Crippen LogP contribution < -0.4 is 0 Å². The Balaban J connectivity index is 1.78. The van der Waals surface area contributed by atoms with Gasteiger partial charge in [-0.25, -0.2) is 4.68 Å². The van der Waals surface area contributed by atoms with Crippen molar-refractivity contribution in [3.63, 3.8) is 0 Å². The lowest BCUT2D eigenvalue weighted by Crippen LogP contribution is -2.13. The van der Waals surface area contributed by atoms with Crippen LogP contribution >= 0.6 is 0 Å². The van der Waals surface area contributed by atoms with Gasteiger partial charge in [0, 0.05) is 6.20 Å². The van der Waals surface area contributed by atoms with E-state index >= 15 is 0 Å². The Bertz CT molecular complexity index is 507. The van der Waals surface area contributed by atoms with Crippen molar-refractivity contribution in [3.8, 4) is 5.69 Å². The van der Waals surface area contributed by atoms with Gasteiger partial charge in [-0.3, -0.25) is 0 Å². The lowest BCUT2D eigenvalue weighted by molar-refractivity contribution is 0.334. The Labute approximate surface area is 109 Å². The van der Waals surface area contributed by atoms with Gasteiger partial charge in [0.1, 0.15) is 0 Å². The maximum Gasteiger partial charge on any atom is 0.0645 e. The minimum Gasteiger partial charge on any atom is -0.241 e. The Kier molecular flexibility index (Phi) is 2.94. The van der Waals surface area contributed by atoms with Gasteiger partial charge in [0.25, 0.3) is 0 Å². The second-order valence-corrected chi connectivity index (χ2v) is 5.82. The smallest absolute Gasteiger partial charge is 0.0645 e. The van der Waals surface area contributed by atoms with Crippen LogP contribution in [-0.2, 0) is 6.42 Å². The largest absolute Gasteiger partial charge is 0.241 e. The Morgan fingerprint density at radius 1 is 1.17 bits per heavy atom. The van der Waals surface area contributed by atoms with Crippen molar-refractivity contribution in [2.24, 2.45) is 5.41 Å². The van der Waals surface area contributed by atoms with E-state index in [0.29, 0.717) is 5.41 Å². The molecule has 18 heavy (non-hydrogen) atoms. The first-order valence-corrected chi connectivity index (χ1v) is 6.84. The van der Waals surface area contributed by atoms with Crippen molar-refractivity contribution >= 4 is 0 Å². The molecule has 0 spiro atoms. The van der Waals surface area contributed by atoms with Gasteiger partial charge in [-0.05, 0) is 42.4 Å². The first-order valence-electron chi connectivity index (χ1n) is 6.84. The average Bonchev–Trinajstić information content (AvgIpc) is 3.00. The number of hydrogen-bond donors (Lipinski definition) is 0. The molecule has 2 aromatic rings. The van der Waals surface area contributed by atoms with Gasteiger partial charge >= 0.3 is 0 Å². The molecule has 3 rings (SSSR count). The molecular weight excluding hydrogens is 220 g/mol. The predicted octanol–water partition coefficient (Wildman–Crippen LogP) is 4.00. The van der Waals surface area contributed by atoms with Gasteiger partial charge < -0.3 is 0 Å². The Morgan fingerprint density at radius 3 is 2.61 bits per heavy atom. The molecule has 1 aliphatic rings. The fourth-order valence-electron chi connectivity index (χ4n) is 3.07. The number of hydrogen-bond acceptors (Lipinski definition) is 1. The van der Waals surface area contributed by atoms with Crippen LogP contribution in [0, 0.1) is 5.41 Å². The fourth-order valence-corrected chi connectivity index (χ4v) is 3.07.